The Kier molecular flexibility index (Phi) is 4.81. The van der Waals surface area contributed by atoms with Crippen LogP contribution < -0.4 is 0 Å². The highest BCUT2D eigenvalue weighted by Crippen LogP contribution is 2.30. The normalized spacial score (nSPS) is 17.7. The van der Waals surface area contributed by atoms with Crippen molar-refractivity contribution in [3.8, 4) is 5.69 Å². The number of carboxylic acid groups (broad SMARTS) is 1. The van der Waals surface area contributed by atoms with Crippen molar-refractivity contribution in [2.75, 3.05) is 0 Å². The maximum atomic E-state index is 13.6. The van der Waals surface area contributed by atoms with Crippen LogP contribution in [-0.2, 0) is 30.6 Å². The molecule has 6 nitrogen and oxygen atoms in total. The fourth-order valence-corrected chi connectivity index (χ4v) is 4.66. The zero-order valence-electron chi connectivity index (χ0n) is 16.9. The molecule has 0 unspecified atom stereocenters. The predicted octanol–water partition coefficient (Wildman–Crippen LogP) is 3.54. The average Bonchev–Trinajstić information content (AvgIpc) is 3.18. The number of halogens is 1. The quantitative estimate of drug-likeness (QED) is 0.705. The number of amides is 1. The van der Waals surface area contributed by atoms with Crippen molar-refractivity contribution in [2.45, 2.75) is 44.7 Å². The Hall–Kier alpha value is -3.48. The first-order valence-corrected chi connectivity index (χ1v) is 10.5. The third-order valence-electron chi connectivity index (χ3n) is 6.25. The first kappa shape index (κ1) is 19.5. The number of aliphatic carboxylic acids is 1. The van der Waals surface area contributed by atoms with Gasteiger partial charge >= 0.3 is 5.97 Å². The molecule has 0 saturated heterocycles. The van der Waals surface area contributed by atoms with Gasteiger partial charge in [0.1, 0.15) is 11.9 Å². The Morgan fingerprint density at radius 3 is 2.45 bits per heavy atom. The minimum Gasteiger partial charge on any atom is -0.480 e. The van der Waals surface area contributed by atoms with Gasteiger partial charge in [0.2, 0.25) is 0 Å². The largest absolute Gasteiger partial charge is 0.480 e. The maximum absolute atomic E-state index is 13.6. The first-order valence-electron chi connectivity index (χ1n) is 10.5. The number of carbonyl (C=O) groups is 2. The lowest BCUT2D eigenvalue weighted by Crippen LogP contribution is -2.49. The van der Waals surface area contributed by atoms with Crippen LogP contribution in [-0.4, -0.2) is 37.7 Å². The van der Waals surface area contributed by atoms with E-state index in [1.807, 2.05) is 24.3 Å². The first-order chi connectivity index (χ1) is 15.0. The average molecular weight is 419 g/mol. The molecule has 0 radical (unpaired) electrons. The van der Waals surface area contributed by atoms with Crippen molar-refractivity contribution in [3.63, 3.8) is 0 Å². The highest BCUT2D eigenvalue weighted by molar-refractivity contribution is 5.97. The molecule has 31 heavy (non-hydrogen) atoms. The molecule has 0 bridgehead atoms. The summed E-state index contributed by atoms with van der Waals surface area (Å²) in [6, 6.07) is 12.7. The number of hydrogen-bond acceptors (Lipinski definition) is 3. The van der Waals surface area contributed by atoms with E-state index in [-0.39, 0.29) is 24.7 Å². The Morgan fingerprint density at radius 2 is 1.71 bits per heavy atom. The summed E-state index contributed by atoms with van der Waals surface area (Å²) < 4.78 is 15.1. The van der Waals surface area contributed by atoms with E-state index in [4.69, 9.17) is 0 Å². The molecule has 2 aromatic carbocycles. The van der Waals surface area contributed by atoms with Crippen LogP contribution in [0.2, 0.25) is 0 Å². The molecular weight excluding hydrogens is 397 g/mol. The minimum atomic E-state index is -1.02. The summed E-state index contributed by atoms with van der Waals surface area (Å²) in [5, 5.41) is 14.4. The van der Waals surface area contributed by atoms with Gasteiger partial charge in [-0.15, -0.1) is 0 Å². The van der Waals surface area contributed by atoms with E-state index in [2.05, 4.69) is 5.10 Å². The molecule has 1 aliphatic carbocycles. The van der Waals surface area contributed by atoms with Crippen LogP contribution in [0, 0.1) is 5.82 Å². The van der Waals surface area contributed by atoms with Crippen molar-refractivity contribution in [1.82, 2.24) is 14.7 Å². The summed E-state index contributed by atoms with van der Waals surface area (Å²) in [4.78, 5) is 27.1. The van der Waals surface area contributed by atoms with Gasteiger partial charge in [-0.25, -0.2) is 13.9 Å². The summed E-state index contributed by atoms with van der Waals surface area (Å²) >= 11 is 0. The zero-order valence-corrected chi connectivity index (χ0v) is 16.9. The number of fused-ring (bicyclic) bond motifs is 2. The Balaban J connectivity index is 1.57. The fourth-order valence-electron chi connectivity index (χ4n) is 4.66. The molecular formula is C24H22FN3O3. The topological polar surface area (TPSA) is 75.4 Å². The molecule has 1 aromatic heterocycles. The molecule has 1 amide bonds. The Labute approximate surface area is 178 Å². The van der Waals surface area contributed by atoms with Gasteiger partial charge in [0.15, 0.2) is 5.69 Å². The van der Waals surface area contributed by atoms with Crippen LogP contribution in [0.5, 0.6) is 0 Å². The monoisotopic (exact) mass is 419 g/mol. The molecule has 2 heterocycles. The smallest absolute Gasteiger partial charge is 0.326 e. The van der Waals surface area contributed by atoms with Gasteiger partial charge in [0, 0.05) is 24.2 Å². The molecule has 3 aromatic rings. The summed E-state index contributed by atoms with van der Waals surface area (Å²) in [7, 11) is 0. The third-order valence-corrected chi connectivity index (χ3v) is 6.25. The summed E-state index contributed by atoms with van der Waals surface area (Å²) in [6.07, 6.45) is 3.71. The summed E-state index contributed by atoms with van der Waals surface area (Å²) in [5.41, 5.74) is 4.74. The Bertz CT molecular complexity index is 1170. The van der Waals surface area contributed by atoms with Crippen molar-refractivity contribution >= 4 is 11.9 Å². The minimum absolute atomic E-state index is 0.240. The molecule has 2 aliphatic rings. The molecule has 0 spiro atoms. The predicted molar refractivity (Wildman–Crippen MR) is 112 cm³/mol. The molecule has 1 N–H and O–H groups in total. The molecule has 0 fully saturated rings. The SMILES string of the molecule is O=C(O)[C@@H]1Cc2ccccc2CN1C(=O)c1nn(-c2ccc(F)cc2)c2c1CCCC2. The lowest BCUT2D eigenvalue weighted by atomic mass is 9.92. The van der Waals surface area contributed by atoms with Crippen LogP contribution in [0.25, 0.3) is 5.69 Å². The highest BCUT2D eigenvalue weighted by Gasteiger charge is 2.37. The van der Waals surface area contributed by atoms with E-state index < -0.39 is 12.0 Å². The van der Waals surface area contributed by atoms with E-state index in [9.17, 15) is 19.1 Å². The van der Waals surface area contributed by atoms with E-state index in [0.29, 0.717) is 11.4 Å². The van der Waals surface area contributed by atoms with E-state index in [1.165, 1.54) is 17.0 Å². The number of hydrogen-bond donors (Lipinski definition) is 1. The number of rotatable bonds is 3. The number of carbonyl (C=O) groups excluding carboxylic acids is 1. The van der Waals surface area contributed by atoms with Gasteiger partial charge < -0.3 is 10.0 Å². The van der Waals surface area contributed by atoms with E-state index in [1.54, 1.807) is 16.8 Å². The van der Waals surface area contributed by atoms with Gasteiger partial charge in [0.25, 0.3) is 5.91 Å². The fraction of sp³-hybridized carbons (Fsp3) is 0.292. The standard InChI is InChI=1S/C24H22FN3O3/c25-17-9-11-18(12-10-17)28-20-8-4-3-7-19(20)22(26-28)23(29)27-14-16-6-2-1-5-15(16)13-21(27)24(30)31/h1-2,5-6,9-12,21H,3-4,7-8,13-14H2,(H,30,31)/t21-/m0/s1. The zero-order chi connectivity index (χ0) is 21.5. The van der Waals surface area contributed by atoms with Crippen molar-refractivity contribution in [1.29, 1.82) is 0 Å². The molecule has 0 saturated carbocycles. The van der Waals surface area contributed by atoms with Crippen LogP contribution >= 0.6 is 0 Å². The Morgan fingerprint density at radius 1 is 1.00 bits per heavy atom. The van der Waals surface area contributed by atoms with Gasteiger partial charge in [-0.1, -0.05) is 24.3 Å². The van der Waals surface area contributed by atoms with Crippen molar-refractivity contribution < 1.29 is 19.1 Å². The maximum Gasteiger partial charge on any atom is 0.326 e. The molecule has 1 aliphatic heterocycles. The number of benzene rings is 2. The molecule has 5 rings (SSSR count). The van der Waals surface area contributed by atoms with E-state index >= 15 is 0 Å². The lowest BCUT2D eigenvalue weighted by Gasteiger charge is -2.34. The number of nitrogens with zero attached hydrogens (tertiary/aromatic N) is 3. The van der Waals surface area contributed by atoms with Gasteiger partial charge in [-0.2, -0.15) is 5.10 Å². The van der Waals surface area contributed by atoms with Crippen LogP contribution in [0.3, 0.4) is 0 Å². The second-order valence-electron chi connectivity index (χ2n) is 8.13. The molecule has 158 valence electrons. The second kappa shape index (κ2) is 7.65. The molecule has 7 heteroatoms. The van der Waals surface area contributed by atoms with Gasteiger partial charge in [-0.3, -0.25) is 4.79 Å². The summed E-state index contributed by atoms with van der Waals surface area (Å²) in [5.74, 6) is -1.71. The van der Waals surface area contributed by atoms with Gasteiger partial charge in [-0.05, 0) is 61.1 Å². The highest BCUT2D eigenvalue weighted by atomic mass is 19.1. The van der Waals surface area contributed by atoms with Crippen molar-refractivity contribution in [2.24, 2.45) is 0 Å². The van der Waals surface area contributed by atoms with Crippen molar-refractivity contribution in [3.05, 3.63) is 82.4 Å². The van der Waals surface area contributed by atoms with E-state index in [0.717, 1.165) is 48.1 Å². The third kappa shape index (κ3) is 3.40. The summed E-state index contributed by atoms with van der Waals surface area (Å²) in [6.45, 7) is 0.240. The number of carboxylic acids is 1. The van der Waals surface area contributed by atoms with Gasteiger partial charge in [0.05, 0.1) is 5.69 Å². The molecule has 1 atom stereocenters. The lowest BCUT2D eigenvalue weighted by molar-refractivity contribution is -0.142. The van der Waals surface area contributed by atoms with Crippen LogP contribution in [0.15, 0.2) is 48.5 Å². The second-order valence-corrected chi connectivity index (χ2v) is 8.13. The van der Waals surface area contributed by atoms with Crippen LogP contribution in [0.1, 0.15) is 45.7 Å². The number of aromatic nitrogens is 2. The van der Waals surface area contributed by atoms with Crippen LogP contribution in [0.4, 0.5) is 4.39 Å².